The summed E-state index contributed by atoms with van der Waals surface area (Å²) >= 11 is 0. The van der Waals surface area contributed by atoms with Crippen LogP contribution in [0.5, 0.6) is 5.75 Å². The molecule has 43 heavy (non-hydrogen) atoms. The lowest BCUT2D eigenvalue weighted by Crippen LogP contribution is -2.47. The molecule has 6 rings (SSSR count). The van der Waals surface area contributed by atoms with Crippen LogP contribution < -0.4 is 15.0 Å². The van der Waals surface area contributed by atoms with Gasteiger partial charge in [-0.1, -0.05) is 44.2 Å². The molecule has 0 spiro atoms. The van der Waals surface area contributed by atoms with Gasteiger partial charge in [-0.25, -0.2) is 0 Å². The number of methoxy groups -OCH3 is 1. The Labute approximate surface area is 251 Å². The molecule has 0 unspecified atom stereocenters. The number of benzene rings is 2. The van der Waals surface area contributed by atoms with Gasteiger partial charge in [-0.2, -0.15) is 4.80 Å². The third-order valence-corrected chi connectivity index (χ3v) is 8.62. The van der Waals surface area contributed by atoms with Gasteiger partial charge in [0.2, 0.25) is 5.82 Å². The lowest BCUT2D eigenvalue weighted by molar-refractivity contribution is -0.128. The molecule has 2 aromatic carbocycles. The summed E-state index contributed by atoms with van der Waals surface area (Å²) in [4.78, 5) is 30.8. The van der Waals surface area contributed by atoms with Crippen LogP contribution in [0.3, 0.4) is 0 Å². The largest absolute Gasteiger partial charge is 0.497 e. The fourth-order valence-electron chi connectivity index (χ4n) is 6.31. The second-order valence-corrected chi connectivity index (χ2v) is 11.5. The Morgan fingerprint density at radius 2 is 1.70 bits per heavy atom. The Hall–Kier alpha value is -4.47. The van der Waals surface area contributed by atoms with Gasteiger partial charge in [0.1, 0.15) is 18.1 Å². The average molecular weight is 583 g/mol. The molecule has 2 amide bonds. The van der Waals surface area contributed by atoms with E-state index in [1.807, 2.05) is 36.4 Å². The zero-order valence-electron chi connectivity index (χ0n) is 24.5. The maximum absolute atomic E-state index is 14.2. The van der Waals surface area contributed by atoms with Crippen molar-refractivity contribution >= 4 is 17.5 Å². The normalized spacial score (nSPS) is 16.6. The van der Waals surface area contributed by atoms with E-state index in [0.29, 0.717) is 23.2 Å². The molecule has 2 aliphatic rings. The minimum atomic E-state index is -0.992. The minimum Gasteiger partial charge on any atom is -0.497 e. The Morgan fingerprint density at radius 1 is 0.977 bits per heavy atom. The van der Waals surface area contributed by atoms with Crippen LogP contribution in [0.4, 0.5) is 5.69 Å². The van der Waals surface area contributed by atoms with E-state index in [1.54, 1.807) is 19.2 Å². The van der Waals surface area contributed by atoms with Crippen molar-refractivity contribution in [2.24, 2.45) is 0 Å². The number of carbonyl (C=O) groups excluding carboxylic acids is 2. The van der Waals surface area contributed by atoms with Gasteiger partial charge in [0, 0.05) is 17.3 Å². The first-order chi connectivity index (χ1) is 21.1. The quantitative estimate of drug-likeness (QED) is 0.250. The van der Waals surface area contributed by atoms with Crippen LogP contribution in [-0.4, -0.2) is 45.2 Å². The summed E-state index contributed by atoms with van der Waals surface area (Å²) in [7, 11) is 1.61. The Kier molecular flexibility index (Phi) is 8.81. The monoisotopic (exact) mass is 582 g/mol. The van der Waals surface area contributed by atoms with E-state index in [-0.39, 0.29) is 24.4 Å². The molecule has 0 aliphatic heterocycles. The molecule has 4 aromatic rings. The lowest BCUT2D eigenvalue weighted by atomic mass is 9.84. The van der Waals surface area contributed by atoms with Gasteiger partial charge in [-0.05, 0) is 90.9 Å². The summed E-state index contributed by atoms with van der Waals surface area (Å²) in [5.41, 5.74) is 2.63. The maximum Gasteiger partial charge on any atom is 0.251 e. The number of amides is 2. The van der Waals surface area contributed by atoms with Gasteiger partial charge >= 0.3 is 0 Å². The Balaban J connectivity index is 1.31. The number of nitrogens with one attached hydrogen (secondary N) is 1. The SMILES string of the molecule is COc1ccc(-c2nnn(CC(=O)N(c3ccc(C4CCCCC4)cc3)[C@@H](C(=O)NC3CCCC3)c3ccco3)n2)cc1. The van der Waals surface area contributed by atoms with Crippen molar-refractivity contribution in [1.82, 2.24) is 25.5 Å². The number of rotatable bonds is 10. The van der Waals surface area contributed by atoms with Crippen molar-refractivity contribution in [3.8, 4) is 17.1 Å². The van der Waals surface area contributed by atoms with Crippen molar-refractivity contribution in [2.45, 2.75) is 82.3 Å². The fourth-order valence-corrected chi connectivity index (χ4v) is 6.31. The highest BCUT2D eigenvalue weighted by Gasteiger charge is 2.36. The topological polar surface area (TPSA) is 115 Å². The van der Waals surface area contributed by atoms with Crippen LogP contribution in [0.25, 0.3) is 11.4 Å². The zero-order chi connectivity index (χ0) is 29.6. The molecular formula is C33H38N6O4. The molecule has 10 heteroatoms. The molecule has 2 aliphatic carbocycles. The van der Waals surface area contributed by atoms with Crippen LogP contribution in [0.15, 0.2) is 71.3 Å². The number of anilines is 1. The van der Waals surface area contributed by atoms with Crippen molar-refractivity contribution in [1.29, 1.82) is 0 Å². The minimum absolute atomic E-state index is 0.0830. The number of ether oxygens (including phenoxy) is 1. The maximum atomic E-state index is 14.2. The molecule has 0 radical (unpaired) electrons. The van der Waals surface area contributed by atoms with Gasteiger partial charge in [-0.15, -0.1) is 10.2 Å². The summed E-state index contributed by atoms with van der Waals surface area (Å²) in [6.07, 6.45) is 11.7. The first-order valence-corrected chi connectivity index (χ1v) is 15.3. The van der Waals surface area contributed by atoms with E-state index < -0.39 is 6.04 Å². The third kappa shape index (κ3) is 6.63. The van der Waals surface area contributed by atoms with E-state index in [9.17, 15) is 9.59 Å². The highest BCUT2D eigenvalue weighted by molar-refractivity contribution is 6.01. The first kappa shape index (κ1) is 28.6. The molecule has 0 bridgehead atoms. The van der Waals surface area contributed by atoms with Crippen molar-refractivity contribution in [3.63, 3.8) is 0 Å². The molecule has 2 aromatic heterocycles. The van der Waals surface area contributed by atoms with Crippen LogP contribution >= 0.6 is 0 Å². The molecule has 2 saturated carbocycles. The van der Waals surface area contributed by atoms with Crippen LogP contribution in [0.1, 0.15) is 81.1 Å². The van der Waals surface area contributed by atoms with Gasteiger partial charge in [0.05, 0.1) is 13.4 Å². The number of carbonyl (C=O) groups is 2. The summed E-state index contributed by atoms with van der Waals surface area (Å²) in [5, 5.41) is 16.0. The standard InChI is InChI=1S/C33H38N6O4/c1-42-28-19-15-25(16-20-28)32-35-37-38(36-32)22-30(40)39(27-17-13-24(14-18-27)23-8-3-2-4-9-23)31(29-12-7-21-43-29)33(41)34-26-10-5-6-11-26/h7,12-21,23,26,31H,2-6,8-11,22H2,1H3,(H,34,41)/t31-/m1/s1. The summed E-state index contributed by atoms with van der Waals surface area (Å²) in [6, 6.07) is 17.9. The predicted octanol–water partition coefficient (Wildman–Crippen LogP) is 5.82. The van der Waals surface area contributed by atoms with Gasteiger partial charge in [0.25, 0.3) is 11.8 Å². The summed E-state index contributed by atoms with van der Waals surface area (Å²) in [5.74, 6) is 1.40. The molecule has 10 nitrogen and oxygen atoms in total. The second kappa shape index (κ2) is 13.2. The number of aromatic nitrogens is 4. The second-order valence-electron chi connectivity index (χ2n) is 11.5. The van der Waals surface area contributed by atoms with Crippen LogP contribution in [0, 0.1) is 0 Å². The van der Waals surface area contributed by atoms with E-state index in [2.05, 4.69) is 32.9 Å². The van der Waals surface area contributed by atoms with E-state index in [1.165, 1.54) is 53.6 Å². The molecule has 2 heterocycles. The number of nitrogens with zero attached hydrogens (tertiary/aromatic N) is 5. The number of hydrogen-bond donors (Lipinski definition) is 1. The number of tetrazole rings is 1. The first-order valence-electron chi connectivity index (χ1n) is 15.3. The van der Waals surface area contributed by atoms with Gasteiger partial charge < -0.3 is 14.5 Å². The molecule has 0 saturated heterocycles. The van der Waals surface area contributed by atoms with Crippen molar-refractivity contribution < 1.29 is 18.7 Å². The molecular weight excluding hydrogens is 544 g/mol. The number of hydrogen-bond acceptors (Lipinski definition) is 7. The average Bonchev–Trinajstić information content (AvgIpc) is 3.85. The fraction of sp³-hybridized carbons (Fsp3) is 0.424. The molecule has 1 atom stereocenters. The zero-order valence-corrected chi connectivity index (χ0v) is 24.5. The predicted molar refractivity (Wildman–Crippen MR) is 161 cm³/mol. The molecule has 1 N–H and O–H groups in total. The summed E-state index contributed by atoms with van der Waals surface area (Å²) < 4.78 is 11.0. The van der Waals surface area contributed by atoms with Crippen molar-refractivity contribution in [2.75, 3.05) is 12.0 Å². The van der Waals surface area contributed by atoms with E-state index in [4.69, 9.17) is 9.15 Å². The summed E-state index contributed by atoms with van der Waals surface area (Å²) in [6.45, 7) is -0.207. The van der Waals surface area contributed by atoms with Crippen LogP contribution in [-0.2, 0) is 16.1 Å². The van der Waals surface area contributed by atoms with Crippen LogP contribution in [0.2, 0.25) is 0 Å². The highest BCUT2D eigenvalue weighted by atomic mass is 16.5. The molecule has 2 fully saturated rings. The third-order valence-electron chi connectivity index (χ3n) is 8.62. The van der Waals surface area contributed by atoms with Gasteiger partial charge in [0.15, 0.2) is 6.04 Å². The van der Waals surface area contributed by atoms with Crippen molar-refractivity contribution in [3.05, 3.63) is 78.3 Å². The highest BCUT2D eigenvalue weighted by Crippen LogP contribution is 2.35. The number of furan rings is 1. The van der Waals surface area contributed by atoms with E-state index in [0.717, 1.165) is 37.0 Å². The van der Waals surface area contributed by atoms with Gasteiger partial charge in [-0.3, -0.25) is 14.5 Å². The Morgan fingerprint density at radius 3 is 2.37 bits per heavy atom. The lowest BCUT2D eigenvalue weighted by Gasteiger charge is -2.31. The van der Waals surface area contributed by atoms with E-state index >= 15 is 0 Å². The molecule has 224 valence electrons. The smallest absolute Gasteiger partial charge is 0.251 e. The Bertz CT molecular complexity index is 1490.